The number of para-hydroxylation sites is 1. The molecule has 0 fully saturated rings. The van der Waals surface area contributed by atoms with E-state index in [0.29, 0.717) is 27.3 Å². The van der Waals surface area contributed by atoms with Gasteiger partial charge in [0.1, 0.15) is 17.4 Å². The Bertz CT molecular complexity index is 1300. The Morgan fingerprint density at radius 1 is 1.26 bits per heavy atom. The van der Waals surface area contributed by atoms with Crippen LogP contribution in [0.5, 0.6) is 0 Å². The number of carbonyl (C=O) groups excluding carboxylic acids is 1. The van der Waals surface area contributed by atoms with E-state index in [1.807, 2.05) is 22.8 Å². The Hall–Kier alpha value is -2.70. The Labute approximate surface area is 163 Å². The number of aryl methyl sites for hydroxylation is 1. The molecule has 0 aliphatic heterocycles. The fraction of sp³-hybridized carbons (Fsp3) is 0.150. The molecule has 7 heteroatoms. The number of amides is 1. The summed E-state index contributed by atoms with van der Waals surface area (Å²) in [5.74, 6) is -0.614. The van der Waals surface area contributed by atoms with Gasteiger partial charge in [0.2, 0.25) is 5.43 Å². The average Bonchev–Trinajstić information content (AvgIpc) is 2.98. The quantitative estimate of drug-likeness (QED) is 0.506. The lowest BCUT2D eigenvalue weighted by molar-refractivity contribution is 0.0995. The molecule has 0 bridgehead atoms. The summed E-state index contributed by atoms with van der Waals surface area (Å²) in [7, 11) is 0. The first-order chi connectivity index (χ1) is 13.1. The molecule has 27 heavy (non-hydrogen) atoms. The molecule has 0 N–H and O–H groups in total. The first-order valence-electron chi connectivity index (χ1n) is 8.47. The first kappa shape index (κ1) is 17.7. The first-order valence-corrected chi connectivity index (χ1v) is 9.66. The van der Waals surface area contributed by atoms with Gasteiger partial charge in [0.05, 0.1) is 15.6 Å². The second-order valence-electron chi connectivity index (χ2n) is 6.04. The number of carbonyl (C=O) groups is 1. The van der Waals surface area contributed by atoms with Gasteiger partial charge in [-0.15, -0.1) is 0 Å². The molecule has 0 saturated heterocycles. The van der Waals surface area contributed by atoms with Crippen molar-refractivity contribution < 1.29 is 9.21 Å². The van der Waals surface area contributed by atoms with Crippen LogP contribution >= 0.6 is 22.9 Å². The molecule has 2 heterocycles. The molecule has 5 nitrogen and oxygen atoms in total. The number of hydrogen-bond donors (Lipinski definition) is 0. The van der Waals surface area contributed by atoms with Gasteiger partial charge in [0.25, 0.3) is 5.91 Å². The van der Waals surface area contributed by atoms with Crippen LogP contribution < -0.4 is 10.2 Å². The van der Waals surface area contributed by atoms with Gasteiger partial charge < -0.3 is 8.98 Å². The smallest absolute Gasteiger partial charge is 0.286 e. The number of halogens is 1. The highest BCUT2D eigenvalue weighted by atomic mass is 35.5. The van der Waals surface area contributed by atoms with E-state index < -0.39 is 5.91 Å². The third-order valence-electron chi connectivity index (χ3n) is 4.20. The molecule has 0 spiro atoms. The summed E-state index contributed by atoms with van der Waals surface area (Å²) in [5.41, 5.74) is 0.948. The van der Waals surface area contributed by atoms with Gasteiger partial charge in [0.15, 0.2) is 4.80 Å². The minimum Gasteiger partial charge on any atom is -0.463 e. The van der Waals surface area contributed by atoms with Crippen LogP contribution in [-0.4, -0.2) is 10.5 Å². The van der Waals surface area contributed by atoms with Crippen molar-refractivity contribution >= 4 is 50.0 Å². The zero-order valence-electron chi connectivity index (χ0n) is 14.4. The minimum atomic E-state index is -0.614. The normalized spacial score (nSPS) is 12.1. The summed E-state index contributed by atoms with van der Waals surface area (Å²) in [6.45, 7) is 2.76. The number of thiazole rings is 1. The van der Waals surface area contributed by atoms with E-state index in [2.05, 4.69) is 11.9 Å². The standard InChI is InChI=1S/C20H15ClN2O3S/c1-2-9-23-15-8-7-12(21)10-17(15)27-20(23)22-19(25)14-11-26-16-6-4-3-5-13(16)18(14)24/h3-8,10-11H,2,9H2,1H3. The van der Waals surface area contributed by atoms with Crippen molar-refractivity contribution in [2.45, 2.75) is 19.9 Å². The molecule has 4 aromatic rings. The molecule has 4 rings (SSSR count). The van der Waals surface area contributed by atoms with Gasteiger partial charge in [-0.3, -0.25) is 9.59 Å². The van der Waals surface area contributed by atoms with E-state index in [-0.39, 0.29) is 11.0 Å². The van der Waals surface area contributed by atoms with E-state index in [4.69, 9.17) is 16.0 Å². The van der Waals surface area contributed by atoms with Crippen LogP contribution in [0, 0.1) is 0 Å². The number of nitrogens with zero attached hydrogens (tertiary/aromatic N) is 2. The van der Waals surface area contributed by atoms with E-state index in [0.717, 1.165) is 16.6 Å². The third kappa shape index (κ3) is 3.22. The Morgan fingerprint density at radius 3 is 2.89 bits per heavy atom. The molecule has 136 valence electrons. The topological polar surface area (TPSA) is 64.6 Å². The van der Waals surface area contributed by atoms with E-state index in [1.54, 1.807) is 24.3 Å². The zero-order chi connectivity index (χ0) is 19.0. The van der Waals surface area contributed by atoms with Crippen LogP contribution in [0.25, 0.3) is 21.2 Å². The zero-order valence-corrected chi connectivity index (χ0v) is 16.0. The average molecular weight is 399 g/mol. The molecule has 2 aromatic heterocycles. The van der Waals surface area contributed by atoms with E-state index in [1.165, 1.54) is 17.6 Å². The summed E-state index contributed by atoms with van der Waals surface area (Å²) in [4.78, 5) is 30.1. The van der Waals surface area contributed by atoms with Gasteiger partial charge in [-0.2, -0.15) is 4.99 Å². The predicted molar refractivity (Wildman–Crippen MR) is 107 cm³/mol. The molecule has 0 aliphatic carbocycles. The Kier molecular flexibility index (Phi) is 4.68. The largest absolute Gasteiger partial charge is 0.463 e. The number of benzene rings is 2. The molecule has 0 unspecified atom stereocenters. The highest BCUT2D eigenvalue weighted by Crippen LogP contribution is 2.22. The Balaban J connectivity index is 1.88. The fourth-order valence-corrected chi connectivity index (χ4v) is 4.28. The molecule has 0 atom stereocenters. The van der Waals surface area contributed by atoms with Gasteiger partial charge in [-0.25, -0.2) is 0 Å². The molecular weight excluding hydrogens is 384 g/mol. The monoisotopic (exact) mass is 398 g/mol. The third-order valence-corrected chi connectivity index (χ3v) is 5.48. The van der Waals surface area contributed by atoms with Gasteiger partial charge in [-0.1, -0.05) is 42.0 Å². The van der Waals surface area contributed by atoms with Crippen molar-refractivity contribution in [3.8, 4) is 0 Å². The predicted octanol–water partition coefficient (Wildman–Crippen LogP) is 4.61. The van der Waals surface area contributed by atoms with Gasteiger partial charge in [0, 0.05) is 11.6 Å². The second kappa shape index (κ2) is 7.13. The summed E-state index contributed by atoms with van der Waals surface area (Å²) >= 11 is 7.45. The maximum atomic E-state index is 12.7. The maximum absolute atomic E-state index is 12.7. The highest BCUT2D eigenvalue weighted by Gasteiger charge is 2.15. The van der Waals surface area contributed by atoms with Crippen molar-refractivity contribution in [3.05, 3.63) is 74.3 Å². The minimum absolute atomic E-state index is 0.0766. The van der Waals surface area contributed by atoms with Crippen molar-refractivity contribution in [2.24, 2.45) is 4.99 Å². The molecule has 0 radical (unpaired) electrons. The summed E-state index contributed by atoms with van der Waals surface area (Å²) in [5, 5.41) is 0.989. The maximum Gasteiger partial charge on any atom is 0.286 e. The van der Waals surface area contributed by atoms with Crippen LogP contribution in [0.3, 0.4) is 0 Å². The van der Waals surface area contributed by atoms with Crippen molar-refractivity contribution in [1.82, 2.24) is 4.57 Å². The number of rotatable bonds is 3. The van der Waals surface area contributed by atoms with Crippen molar-refractivity contribution in [2.75, 3.05) is 0 Å². The van der Waals surface area contributed by atoms with Crippen LogP contribution in [0.4, 0.5) is 0 Å². The SMILES string of the molecule is CCCn1c(=NC(=O)c2coc3ccccc3c2=O)sc2cc(Cl)ccc21. The van der Waals surface area contributed by atoms with Crippen LogP contribution in [0.1, 0.15) is 23.7 Å². The van der Waals surface area contributed by atoms with Crippen LogP contribution in [0.15, 0.2) is 62.9 Å². The number of aromatic nitrogens is 1. The van der Waals surface area contributed by atoms with Gasteiger partial charge in [-0.05, 0) is 36.8 Å². The lowest BCUT2D eigenvalue weighted by atomic mass is 10.2. The molecule has 2 aromatic carbocycles. The van der Waals surface area contributed by atoms with Gasteiger partial charge >= 0.3 is 0 Å². The number of hydrogen-bond acceptors (Lipinski definition) is 4. The molecule has 1 amide bonds. The fourth-order valence-electron chi connectivity index (χ4n) is 2.94. The van der Waals surface area contributed by atoms with Crippen molar-refractivity contribution in [3.63, 3.8) is 0 Å². The molecular formula is C20H15ClN2O3S. The summed E-state index contributed by atoms with van der Waals surface area (Å²) in [6, 6.07) is 12.4. The second-order valence-corrected chi connectivity index (χ2v) is 7.49. The summed E-state index contributed by atoms with van der Waals surface area (Å²) < 4.78 is 8.34. The van der Waals surface area contributed by atoms with Crippen LogP contribution in [-0.2, 0) is 6.54 Å². The lowest BCUT2D eigenvalue weighted by Gasteiger charge is -2.02. The van der Waals surface area contributed by atoms with Crippen molar-refractivity contribution in [1.29, 1.82) is 0 Å². The summed E-state index contributed by atoms with van der Waals surface area (Å²) in [6.07, 6.45) is 2.07. The Morgan fingerprint density at radius 2 is 2.07 bits per heavy atom. The van der Waals surface area contributed by atoms with E-state index >= 15 is 0 Å². The molecule has 0 saturated carbocycles. The lowest BCUT2D eigenvalue weighted by Crippen LogP contribution is -2.20. The van der Waals surface area contributed by atoms with Crippen LogP contribution in [0.2, 0.25) is 5.02 Å². The highest BCUT2D eigenvalue weighted by molar-refractivity contribution is 7.16. The van der Waals surface area contributed by atoms with E-state index in [9.17, 15) is 9.59 Å². The molecule has 0 aliphatic rings. The number of fused-ring (bicyclic) bond motifs is 2.